The zero-order valence-corrected chi connectivity index (χ0v) is 9.56. The third-order valence-corrected chi connectivity index (χ3v) is 5.24. The molecule has 1 nitrogen and oxygen atoms in total. The first-order chi connectivity index (χ1) is 5.13. The number of rotatable bonds is 5. The predicted octanol–water partition coefficient (Wildman–Crippen LogP) is 2.20. The molecule has 0 aliphatic heterocycles. The Kier molecular flexibility index (Phi) is 5.92. The van der Waals surface area contributed by atoms with E-state index >= 15 is 0 Å². The average molecular weight is 192 g/mol. The fraction of sp³-hybridized carbons (Fsp3) is 0.750. The Morgan fingerprint density at radius 2 is 2.18 bits per heavy atom. The van der Waals surface area contributed by atoms with Crippen LogP contribution in [0.15, 0.2) is 11.8 Å². The Hall–Kier alpha value is 0.207. The van der Waals surface area contributed by atoms with Crippen LogP contribution >= 0.6 is 11.1 Å². The molecular weight excluding hydrogens is 174 g/mol. The van der Waals surface area contributed by atoms with Crippen LogP contribution in [0.1, 0.15) is 27.2 Å². The van der Waals surface area contributed by atoms with Crippen molar-refractivity contribution in [2.45, 2.75) is 27.2 Å². The van der Waals surface area contributed by atoms with Crippen LogP contribution in [0.25, 0.3) is 0 Å². The summed E-state index contributed by atoms with van der Waals surface area (Å²) in [6.07, 6.45) is 1.14. The highest BCUT2D eigenvalue weighted by molar-refractivity contribution is 7.09. The quantitative estimate of drug-likeness (QED) is 0.519. The highest BCUT2D eigenvalue weighted by Gasteiger charge is 2.14. The van der Waals surface area contributed by atoms with Gasteiger partial charge in [-0.3, -0.25) is 0 Å². The Balaban J connectivity index is 3.81. The predicted molar refractivity (Wildman–Crippen MR) is 55.3 cm³/mol. The van der Waals surface area contributed by atoms with Gasteiger partial charge in [0.25, 0.3) is 0 Å². The number of halogens is 1. The molecule has 0 aliphatic rings. The molecule has 2 atom stereocenters. The zero-order valence-electron chi connectivity index (χ0n) is 7.65. The Morgan fingerprint density at radius 1 is 1.64 bits per heavy atom. The molecule has 0 amide bonds. The maximum Gasteiger partial charge on any atom is 0.238 e. The van der Waals surface area contributed by atoms with Crippen molar-refractivity contribution in [2.24, 2.45) is 5.92 Å². The second-order valence-corrected chi connectivity index (χ2v) is 5.99. The van der Waals surface area contributed by atoms with Gasteiger partial charge in [0.15, 0.2) is 0 Å². The van der Waals surface area contributed by atoms with Gasteiger partial charge in [0.05, 0.1) is 0 Å². The highest BCUT2D eigenvalue weighted by Crippen LogP contribution is 2.15. The molecule has 0 saturated heterocycles. The van der Waals surface area contributed by atoms with Crippen LogP contribution in [0, 0.1) is 5.92 Å². The molecule has 0 aromatic rings. The second-order valence-electron chi connectivity index (χ2n) is 2.80. The van der Waals surface area contributed by atoms with Crippen molar-refractivity contribution in [1.82, 2.24) is 4.98 Å². The lowest BCUT2D eigenvalue weighted by atomic mass is 10.1. The van der Waals surface area contributed by atoms with Crippen molar-refractivity contribution in [3.63, 3.8) is 0 Å². The number of hydrogen-bond acceptors (Lipinski definition) is 1. The maximum atomic E-state index is 6.13. The van der Waals surface area contributed by atoms with Crippen molar-refractivity contribution in [2.75, 3.05) is 6.54 Å². The maximum absolute atomic E-state index is 6.13. The molecule has 0 heterocycles. The summed E-state index contributed by atoms with van der Waals surface area (Å²) in [4.78, 5) is 3.27. The molecule has 0 bridgehead atoms. The summed E-state index contributed by atoms with van der Waals surface area (Å²) in [7, 11) is -1.34. The van der Waals surface area contributed by atoms with Crippen molar-refractivity contribution in [1.29, 1.82) is 0 Å². The van der Waals surface area contributed by atoms with Gasteiger partial charge in [-0.05, 0) is 12.5 Å². The van der Waals surface area contributed by atoms with Gasteiger partial charge in [0.1, 0.15) is 0 Å². The van der Waals surface area contributed by atoms with Crippen molar-refractivity contribution in [3.05, 3.63) is 11.8 Å². The standard InChI is InChI=1S/C8H18ClNSi/c1-5-7(3)8(4)11(9)10-6-2/h7,10-11H,4-6H2,1-3H3. The van der Waals surface area contributed by atoms with Gasteiger partial charge in [-0.1, -0.05) is 32.4 Å². The van der Waals surface area contributed by atoms with Crippen LogP contribution in [-0.2, 0) is 0 Å². The van der Waals surface area contributed by atoms with Gasteiger partial charge in [-0.25, -0.2) is 0 Å². The summed E-state index contributed by atoms with van der Waals surface area (Å²) in [5.74, 6) is 0.572. The number of nitrogens with one attached hydrogen (secondary N) is 1. The minimum absolute atomic E-state index is 0.572. The van der Waals surface area contributed by atoms with E-state index in [1.165, 1.54) is 5.20 Å². The first kappa shape index (κ1) is 11.2. The molecule has 11 heavy (non-hydrogen) atoms. The van der Waals surface area contributed by atoms with Crippen molar-refractivity contribution < 1.29 is 0 Å². The summed E-state index contributed by atoms with van der Waals surface area (Å²) in [6.45, 7) is 11.4. The molecule has 0 rings (SSSR count). The Bertz CT molecular complexity index is 127. The summed E-state index contributed by atoms with van der Waals surface area (Å²) < 4.78 is 0. The van der Waals surface area contributed by atoms with E-state index in [1.807, 2.05) is 0 Å². The summed E-state index contributed by atoms with van der Waals surface area (Å²) in [5.41, 5.74) is 0. The van der Waals surface area contributed by atoms with E-state index < -0.39 is 8.27 Å². The molecule has 0 aromatic carbocycles. The third kappa shape index (κ3) is 3.94. The van der Waals surface area contributed by atoms with Crippen LogP contribution in [0.2, 0.25) is 0 Å². The normalized spacial score (nSPS) is 16.0. The van der Waals surface area contributed by atoms with Crippen LogP contribution < -0.4 is 4.98 Å². The molecular formula is C8H18ClNSi. The van der Waals surface area contributed by atoms with Crippen LogP contribution in [0.4, 0.5) is 0 Å². The molecule has 0 radical (unpaired) electrons. The van der Waals surface area contributed by atoms with Gasteiger partial charge in [-0.2, -0.15) is 0 Å². The monoisotopic (exact) mass is 191 g/mol. The van der Waals surface area contributed by atoms with Gasteiger partial charge in [0.2, 0.25) is 8.27 Å². The van der Waals surface area contributed by atoms with Crippen molar-refractivity contribution in [3.8, 4) is 0 Å². The lowest BCUT2D eigenvalue weighted by Gasteiger charge is -2.16. The van der Waals surface area contributed by atoms with Gasteiger partial charge >= 0.3 is 0 Å². The smallest absolute Gasteiger partial charge is 0.238 e. The molecule has 3 heteroatoms. The van der Waals surface area contributed by atoms with E-state index in [4.69, 9.17) is 11.1 Å². The number of hydrogen-bond donors (Lipinski definition) is 1. The fourth-order valence-electron chi connectivity index (χ4n) is 0.822. The third-order valence-electron chi connectivity index (χ3n) is 1.95. The van der Waals surface area contributed by atoms with E-state index in [9.17, 15) is 0 Å². The molecule has 0 aliphatic carbocycles. The van der Waals surface area contributed by atoms with Crippen LogP contribution in [-0.4, -0.2) is 14.8 Å². The minimum atomic E-state index is -1.34. The van der Waals surface area contributed by atoms with E-state index in [1.54, 1.807) is 0 Å². The molecule has 1 N–H and O–H groups in total. The fourth-order valence-corrected chi connectivity index (χ4v) is 3.29. The van der Waals surface area contributed by atoms with Crippen LogP contribution in [0.5, 0.6) is 0 Å². The first-order valence-electron chi connectivity index (χ1n) is 4.19. The molecule has 0 aromatic heterocycles. The largest absolute Gasteiger partial charge is 0.325 e. The zero-order chi connectivity index (χ0) is 8.85. The van der Waals surface area contributed by atoms with Crippen molar-refractivity contribution >= 4 is 19.3 Å². The number of allylic oxidation sites excluding steroid dienone is 1. The highest BCUT2D eigenvalue weighted by atomic mass is 35.6. The Morgan fingerprint density at radius 3 is 2.55 bits per heavy atom. The topological polar surface area (TPSA) is 12.0 Å². The van der Waals surface area contributed by atoms with E-state index in [-0.39, 0.29) is 0 Å². The second kappa shape index (κ2) is 5.81. The summed E-state index contributed by atoms with van der Waals surface area (Å²) in [5, 5.41) is 1.23. The van der Waals surface area contributed by atoms with Gasteiger partial charge in [-0.15, -0.1) is 17.7 Å². The molecule has 66 valence electrons. The summed E-state index contributed by atoms with van der Waals surface area (Å²) in [6, 6.07) is 0. The van der Waals surface area contributed by atoms with E-state index in [0.717, 1.165) is 13.0 Å². The lowest BCUT2D eigenvalue weighted by molar-refractivity contribution is 0.681. The SMILES string of the molecule is C=C(C(C)CC)[SiH](Cl)NCC. The first-order valence-corrected chi connectivity index (χ1v) is 7.09. The van der Waals surface area contributed by atoms with E-state index in [2.05, 4.69) is 32.3 Å². The van der Waals surface area contributed by atoms with Gasteiger partial charge in [0, 0.05) is 0 Å². The van der Waals surface area contributed by atoms with E-state index in [0.29, 0.717) is 5.92 Å². The molecule has 2 unspecified atom stereocenters. The molecule has 0 saturated carbocycles. The lowest BCUT2D eigenvalue weighted by Crippen LogP contribution is -2.32. The average Bonchev–Trinajstić information content (AvgIpc) is 2.02. The summed E-state index contributed by atoms with van der Waals surface area (Å²) >= 11 is 6.13. The minimum Gasteiger partial charge on any atom is -0.325 e. The Labute approximate surface area is 76.2 Å². The van der Waals surface area contributed by atoms with Gasteiger partial charge < -0.3 is 4.98 Å². The van der Waals surface area contributed by atoms with Crippen LogP contribution in [0.3, 0.4) is 0 Å². The molecule has 0 spiro atoms. The molecule has 0 fully saturated rings.